The van der Waals surface area contributed by atoms with E-state index in [0.717, 1.165) is 10.5 Å². The maximum Gasteiger partial charge on any atom is 0.200 e. The lowest BCUT2D eigenvalue weighted by atomic mass is 10.3. The Hall–Kier alpha value is -1.01. The number of aromatic nitrogens is 1. The van der Waals surface area contributed by atoms with Gasteiger partial charge in [-0.05, 0) is 40.2 Å². The van der Waals surface area contributed by atoms with Crippen LogP contribution in [0.4, 0.5) is 8.78 Å². The molecule has 0 fully saturated rings. The van der Waals surface area contributed by atoms with Crippen LogP contribution >= 0.6 is 31.9 Å². The largest absolute Gasteiger partial charge is 0.484 e. The van der Waals surface area contributed by atoms with E-state index in [2.05, 4.69) is 36.8 Å². The average molecular weight is 379 g/mol. The highest BCUT2D eigenvalue weighted by molar-refractivity contribution is 9.10. The van der Waals surface area contributed by atoms with Crippen LogP contribution in [0, 0.1) is 11.6 Å². The van der Waals surface area contributed by atoms with Crippen molar-refractivity contribution in [3.05, 3.63) is 56.7 Å². The first-order valence-corrected chi connectivity index (χ1v) is 6.52. The smallest absolute Gasteiger partial charge is 0.200 e. The van der Waals surface area contributed by atoms with E-state index in [1.807, 2.05) is 0 Å². The molecule has 0 aliphatic heterocycles. The topological polar surface area (TPSA) is 22.1 Å². The van der Waals surface area contributed by atoms with Crippen molar-refractivity contribution in [3.8, 4) is 5.75 Å². The summed E-state index contributed by atoms with van der Waals surface area (Å²) in [5.41, 5.74) is 0.623. The van der Waals surface area contributed by atoms with E-state index in [9.17, 15) is 8.78 Å². The number of benzene rings is 1. The zero-order chi connectivity index (χ0) is 13.1. The second-order valence-corrected chi connectivity index (χ2v) is 5.29. The Bertz CT molecular complexity index is 561. The van der Waals surface area contributed by atoms with Crippen LogP contribution in [0.1, 0.15) is 5.69 Å². The Morgan fingerprint density at radius 2 is 1.89 bits per heavy atom. The first-order valence-electron chi connectivity index (χ1n) is 4.94. The zero-order valence-corrected chi connectivity index (χ0v) is 12.1. The summed E-state index contributed by atoms with van der Waals surface area (Å²) < 4.78 is 33.0. The van der Waals surface area contributed by atoms with E-state index in [-0.39, 0.29) is 12.4 Å². The summed E-state index contributed by atoms with van der Waals surface area (Å²) in [5, 5.41) is 0. The Morgan fingerprint density at radius 1 is 1.11 bits per heavy atom. The van der Waals surface area contributed by atoms with Gasteiger partial charge in [0.1, 0.15) is 6.61 Å². The first-order chi connectivity index (χ1) is 8.56. The molecule has 1 heterocycles. The van der Waals surface area contributed by atoms with Gasteiger partial charge in [-0.3, -0.25) is 4.98 Å². The zero-order valence-electron chi connectivity index (χ0n) is 8.96. The summed E-state index contributed by atoms with van der Waals surface area (Å²) in [7, 11) is 0. The Balaban J connectivity index is 2.13. The van der Waals surface area contributed by atoms with Crippen molar-refractivity contribution in [3.63, 3.8) is 0 Å². The molecule has 6 heteroatoms. The van der Waals surface area contributed by atoms with E-state index in [1.165, 1.54) is 6.07 Å². The molecule has 0 saturated heterocycles. The third kappa shape index (κ3) is 3.26. The Labute approximate surface area is 119 Å². The van der Waals surface area contributed by atoms with E-state index in [4.69, 9.17) is 4.74 Å². The summed E-state index contributed by atoms with van der Waals surface area (Å²) >= 11 is 6.33. The lowest BCUT2D eigenvalue weighted by molar-refractivity contribution is 0.280. The van der Waals surface area contributed by atoms with Crippen molar-refractivity contribution in [1.29, 1.82) is 0 Å². The van der Waals surface area contributed by atoms with Crippen molar-refractivity contribution < 1.29 is 13.5 Å². The van der Waals surface area contributed by atoms with Gasteiger partial charge in [0.25, 0.3) is 0 Å². The number of rotatable bonds is 3. The van der Waals surface area contributed by atoms with Gasteiger partial charge in [-0.1, -0.05) is 15.9 Å². The second-order valence-electron chi connectivity index (χ2n) is 3.46. The highest BCUT2D eigenvalue weighted by atomic mass is 79.9. The number of ether oxygens (including phenoxy) is 1. The van der Waals surface area contributed by atoms with Crippen molar-refractivity contribution in [2.75, 3.05) is 0 Å². The summed E-state index contributed by atoms with van der Waals surface area (Å²) in [4.78, 5) is 4.07. The number of hydrogen-bond donors (Lipinski definition) is 0. The molecule has 0 spiro atoms. The highest BCUT2D eigenvalue weighted by Gasteiger charge is 2.11. The van der Waals surface area contributed by atoms with E-state index in [1.54, 1.807) is 18.3 Å². The van der Waals surface area contributed by atoms with Crippen LogP contribution in [0.25, 0.3) is 0 Å². The first kappa shape index (κ1) is 13.4. The van der Waals surface area contributed by atoms with Crippen LogP contribution < -0.4 is 4.74 Å². The minimum Gasteiger partial charge on any atom is -0.484 e. The van der Waals surface area contributed by atoms with Gasteiger partial charge in [-0.15, -0.1) is 0 Å². The number of hydrogen-bond acceptors (Lipinski definition) is 2. The van der Waals surface area contributed by atoms with Gasteiger partial charge in [-0.2, -0.15) is 4.39 Å². The molecule has 0 aliphatic carbocycles. The minimum absolute atomic E-state index is 0.0695. The van der Waals surface area contributed by atoms with Crippen LogP contribution in [-0.4, -0.2) is 4.98 Å². The minimum atomic E-state index is -1.00. The molecule has 94 valence electrons. The predicted molar refractivity (Wildman–Crippen MR) is 70.3 cm³/mol. The molecule has 0 aliphatic rings. The van der Waals surface area contributed by atoms with Gasteiger partial charge in [0.2, 0.25) is 5.82 Å². The number of nitrogens with zero attached hydrogens (tertiary/aromatic N) is 1. The standard InChI is InChI=1S/C12H7Br2F2NO/c13-7-1-2-9(17-5-7)6-18-11-4-8(14)3-10(15)12(11)16/h1-5H,6H2. The SMILES string of the molecule is Fc1cc(Br)cc(OCc2ccc(Br)cn2)c1F. The molecule has 0 saturated carbocycles. The van der Waals surface area contributed by atoms with E-state index in [0.29, 0.717) is 10.2 Å². The molecular formula is C12H7Br2F2NO. The van der Waals surface area contributed by atoms with Crippen molar-refractivity contribution in [2.45, 2.75) is 6.61 Å². The van der Waals surface area contributed by atoms with Crippen molar-refractivity contribution in [1.82, 2.24) is 4.98 Å². The summed E-state index contributed by atoms with van der Waals surface area (Å²) in [6, 6.07) is 5.94. The second kappa shape index (κ2) is 5.75. The van der Waals surface area contributed by atoms with Gasteiger partial charge >= 0.3 is 0 Å². The predicted octanol–water partition coefficient (Wildman–Crippen LogP) is 4.46. The molecule has 18 heavy (non-hydrogen) atoms. The molecule has 2 aromatic rings. The van der Waals surface area contributed by atoms with Crippen LogP contribution in [-0.2, 0) is 6.61 Å². The monoisotopic (exact) mass is 377 g/mol. The third-order valence-corrected chi connectivity index (χ3v) is 3.05. The number of halogens is 4. The van der Waals surface area contributed by atoms with E-state index >= 15 is 0 Å². The van der Waals surface area contributed by atoms with E-state index < -0.39 is 11.6 Å². The highest BCUT2D eigenvalue weighted by Crippen LogP contribution is 2.25. The van der Waals surface area contributed by atoms with Crippen molar-refractivity contribution in [2.24, 2.45) is 0 Å². The molecule has 2 rings (SSSR count). The lowest BCUT2D eigenvalue weighted by Crippen LogP contribution is -2.00. The van der Waals surface area contributed by atoms with Crippen LogP contribution in [0.15, 0.2) is 39.4 Å². The summed E-state index contributed by atoms with van der Waals surface area (Å²) in [5.74, 6) is -2.11. The maximum absolute atomic E-state index is 13.4. The fourth-order valence-electron chi connectivity index (χ4n) is 1.28. The third-order valence-electron chi connectivity index (χ3n) is 2.12. The molecule has 0 N–H and O–H groups in total. The molecule has 0 radical (unpaired) electrons. The molecular weight excluding hydrogens is 372 g/mol. The van der Waals surface area contributed by atoms with Crippen molar-refractivity contribution >= 4 is 31.9 Å². The van der Waals surface area contributed by atoms with Crippen LogP contribution in [0.5, 0.6) is 5.75 Å². The molecule has 2 nitrogen and oxygen atoms in total. The van der Waals surface area contributed by atoms with Gasteiger partial charge in [0.15, 0.2) is 11.6 Å². The van der Waals surface area contributed by atoms with Gasteiger partial charge in [0.05, 0.1) is 5.69 Å². The molecule has 1 aromatic heterocycles. The van der Waals surface area contributed by atoms with Gasteiger partial charge < -0.3 is 4.74 Å². The average Bonchev–Trinajstić information content (AvgIpc) is 2.34. The molecule has 0 amide bonds. The Kier molecular flexibility index (Phi) is 4.29. The van der Waals surface area contributed by atoms with Gasteiger partial charge in [-0.25, -0.2) is 4.39 Å². The molecule has 0 unspecified atom stereocenters. The quantitative estimate of drug-likeness (QED) is 0.735. The van der Waals surface area contributed by atoms with Crippen LogP contribution in [0.3, 0.4) is 0 Å². The lowest BCUT2D eigenvalue weighted by Gasteiger charge is -2.08. The number of pyridine rings is 1. The normalized spacial score (nSPS) is 10.4. The Morgan fingerprint density at radius 3 is 2.56 bits per heavy atom. The summed E-state index contributed by atoms with van der Waals surface area (Å²) in [6.45, 7) is 0.0695. The molecule has 1 aromatic carbocycles. The van der Waals surface area contributed by atoms with Gasteiger partial charge in [0, 0.05) is 15.1 Å². The fourth-order valence-corrected chi connectivity index (χ4v) is 1.92. The summed E-state index contributed by atoms with van der Waals surface area (Å²) in [6.07, 6.45) is 1.61. The fraction of sp³-hybridized carbons (Fsp3) is 0.0833. The molecule has 0 bridgehead atoms. The van der Waals surface area contributed by atoms with Crippen LogP contribution in [0.2, 0.25) is 0 Å². The molecule has 0 atom stereocenters. The maximum atomic E-state index is 13.4.